The second kappa shape index (κ2) is 5.69. The van der Waals surface area contributed by atoms with E-state index in [2.05, 4.69) is 15.3 Å². The molecule has 0 atom stereocenters. The van der Waals surface area contributed by atoms with Crippen LogP contribution in [0.1, 0.15) is 17.1 Å². The van der Waals surface area contributed by atoms with Gasteiger partial charge in [0, 0.05) is 18.1 Å². The van der Waals surface area contributed by atoms with E-state index in [4.69, 9.17) is 16.0 Å². The van der Waals surface area contributed by atoms with Crippen LogP contribution < -0.4 is 0 Å². The fourth-order valence-electron chi connectivity index (χ4n) is 2.01. The topological polar surface area (TPSA) is 56.7 Å². The molecule has 9 heteroatoms. The largest absolute Gasteiger partial charge is 0.435 e. The van der Waals surface area contributed by atoms with Crippen LogP contribution in [0.25, 0.3) is 11.6 Å². The third-order valence-corrected chi connectivity index (χ3v) is 3.38. The molecule has 0 saturated carbocycles. The van der Waals surface area contributed by atoms with Gasteiger partial charge in [0.2, 0.25) is 5.89 Å². The molecule has 0 aliphatic heterocycles. The maximum Gasteiger partial charge on any atom is 0.435 e. The average Bonchev–Trinajstić information content (AvgIpc) is 3.07. The predicted molar refractivity (Wildman–Crippen MR) is 75.8 cm³/mol. The van der Waals surface area contributed by atoms with Gasteiger partial charge in [0.15, 0.2) is 5.69 Å². The van der Waals surface area contributed by atoms with Gasteiger partial charge in [-0.15, -0.1) is 10.2 Å². The summed E-state index contributed by atoms with van der Waals surface area (Å²) in [4.78, 5) is 0. The van der Waals surface area contributed by atoms with E-state index in [0.717, 1.165) is 16.3 Å². The molecule has 0 spiro atoms. The lowest BCUT2D eigenvalue weighted by Gasteiger charge is -1.98. The first kappa shape index (κ1) is 15.5. The summed E-state index contributed by atoms with van der Waals surface area (Å²) in [5.74, 6) is 0.275. The highest BCUT2D eigenvalue weighted by Crippen LogP contribution is 2.31. The Labute approximate surface area is 133 Å². The van der Waals surface area contributed by atoms with Gasteiger partial charge in [-0.1, -0.05) is 23.7 Å². The van der Waals surface area contributed by atoms with Crippen molar-refractivity contribution in [3.05, 3.63) is 52.5 Å². The van der Waals surface area contributed by atoms with Gasteiger partial charge in [0.25, 0.3) is 5.89 Å². The van der Waals surface area contributed by atoms with Crippen LogP contribution in [0, 0.1) is 0 Å². The zero-order valence-electron chi connectivity index (χ0n) is 11.8. The van der Waals surface area contributed by atoms with Gasteiger partial charge in [-0.25, -0.2) is 0 Å². The van der Waals surface area contributed by atoms with Crippen LogP contribution in [-0.2, 0) is 19.6 Å². The van der Waals surface area contributed by atoms with Gasteiger partial charge < -0.3 is 4.42 Å². The maximum absolute atomic E-state index is 12.7. The zero-order valence-corrected chi connectivity index (χ0v) is 12.6. The summed E-state index contributed by atoms with van der Waals surface area (Å²) in [5, 5.41) is 11.7. The Kier molecular flexibility index (Phi) is 3.85. The van der Waals surface area contributed by atoms with Crippen LogP contribution in [0.2, 0.25) is 5.02 Å². The van der Waals surface area contributed by atoms with E-state index in [1.54, 1.807) is 24.3 Å². The average molecular weight is 343 g/mol. The molecule has 2 heterocycles. The number of benzene rings is 1. The number of hydrogen-bond acceptors (Lipinski definition) is 4. The van der Waals surface area contributed by atoms with E-state index in [-0.39, 0.29) is 17.5 Å². The fourth-order valence-corrected chi connectivity index (χ4v) is 2.14. The van der Waals surface area contributed by atoms with Gasteiger partial charge in [0.1, 0.15) is 5.69 Å². The Morgan fingerprint density at radius 2 is 1.87 bits per heavy atom. The highest BCUT2D eigenvalue weighted by atomic mass is 35.5. The lowest BCUT2D eigenvalue weighted by molar-refractivity contribution is -0.141. The van der Waals surface area contributed by atoms with Crippen molar-refractivity contribution in [1.82, 2.24) is 20.0 Å². The lowest BCUT2D eigenvalue weighted by Crippen LogP contribution is -2.06. The third-order valence-electron chi connectivity index (χ3n) is 3.12. The monoisotopic (exact) mass is 342 g/mol. The maximum atomic E-state index is 12.7. The first-order valence-corrected chi connectivity index (χ1v) is 6.89. The molecule has 0 radical (unpaired) electrons. The van der Waals surface area contributed by atoms with Crippen molar-refractivity contribution in [2.75, 3.05) is 0 Å². The zero-order chi connectivity index (χ0) is 16.6. The fraction of sp³-hybridized carbons (Fsp3) is 0.214. The van der Waals surface area contributed by atoms with Crippen molar-refractivity contribution in [2.24, 2.45) is 7.05 Å². The molecule has 0 aliphatic carbocycles. The lowest BCUT2D eigenvalue weighted by atomic mass is 10.1. The van der Waals surface area contributed by atoms with Crippen molar-refractivity contribution in [3.8, 4) is 11.6 Å². The minimum atomic E-state index is -4.53. The molecule has 0 bridgehead atoms. The summed E-state index contributed by atoms with van der Waals surface area (Å²) in [6.45, 7) is 0. The predicted octanol–water partition coefficient (Wildman–Crippen LogP) is 3.73. The molecule has 2 aromatic heterocycles. The Morgan fingerprint density at radius 1 is 1.17 bits per heavy atom. The van der Waals surface area contributed by atoms with Crippen molar-refractivity contribution in [2.45, 2.75) is 12.6 Å². The second-order valence-corrected chi connectivity index (χ2v) is 5.28. The Morgan fingerprint density at radius 3 is 2.48 bits per heavy atom. The van der Waals surface area contributed by atoms with Gasteiger partial charge in [-0.3, -0.25) is 4.68 Å². The molecule has 3 rings (SSSR count). The van der Waals surface area contributed by atoms with Crippen LogP contribution in [0.5, 0.6) is 0 Å². The molecule has 0 unspecified atom stereocenters. The summed E-state index contributed by atoms with van der Waals surface area (Å²) in [5.41, 5.74) is -0.00906. The van der Waals surface area contributed by atoms with Crippen LogP contribution in [0.3, 0.4) is 0 Å². The number of aromatic nitrogens is 4. The van der Waals surface area contributed by atoms with Crippen molar-refractivity contribution < 1.29 is 17.6 Å². The van der Waals surface area contributed by atoms with Gasteiger partial charge in [-0.2, -0.15) is 18.3 Å². The molecule has 0 N–H and O–H groups in total. The van der Waals surface area contributed by atoms with E-state index in [1.807, 2.05) is 0 Å². The summed E-state index contributed by atoms with van der Waals surface area (Å²) >= 11 is 5.80. The molecule has 3 aromatic rings. The molecule has 0 saturated heterocycles. The third kappa shape index (κ3) is 3.37. The van der Waals surface area contributed by atoms with E-state index in [1.165, 1.54) is 7.05 Å². The van der Waals surface area contributed by atoms with Gasteiger partial charge >= 0.3 is 6.18 Å². The summed E-state index contributed by atoms with van der Waals surface area (Å²) in [6, 6.07) is 7.94. The highest BCUT2D eigenvalue weighted by Gasteiger charge is 2.35. The first-order valence-electron chi connectivity index (χ1n) is 6.51. The van der Waals surface area contributed by atoms with E-state index < -0.39 is 11.9 Å². The molecule has 120 valence electrons. The highest BCUT2D eigenvalue weighted by molar-refractivity contribution is 6.30. The van der Waals surface area contributed by atoms with Crippen molar-refractivity contribution in [3.63, 3.8) is 0 Å². The van der Waals surface area contributed by atoms with Crippen molar-refractivity contribution in [1.29, 1.82) is 0 Å². The normalized spacial score (nSPS) is 11.9. The molecule has 0 amide bonds. The molecule has 5 nitrogen and oxygen atoms in total. The Bertz CT molecular complexity index is 823. The van der Waals surface area contributed by atoms with E-state index in [9.17, 15) is 13.2 Å². The number of hydrogen-bond donors (Lipinski definition) is 0. The van der Waals surface area contributed by atoms with Gasteiger partial charge in [0.05, 0.1) is 6.42 Å². The molecule has 0 fully saturated rings. The van der Waals surface area contributed by atoms with Crippen LogP contribution >= 0.6 is 11.6 Å². The van der Waals surface area contributed by atoms with Crippen LogP contribution in [-0.4, -0.2) is 20.0 Å². The van der Waals surface area contributed by atoms with Crippen LogP contribution in [0.4, 0.5) is 13.2 Å². The first-order chi connectivity index (χ1) is 10.8. The molecular weight excluding hydrogens is 333 g/mol. The molecule has 1 aromatic carbocycles. The standard InChI is InChI=1S/C14H10ClF3N4O/c1-22-10(7-11(21-22)14(16,17)18)13-20-19-12(23-13)6-8-2-4-9(15)5-3-8/h2-5,7H,6H2,1H3. The van der Waals surface area contributed by atoms with Crippen molar-refractivity contribution >= 4 is 11.6 Å². The SMILES string of the molecule is Cn1nc(C(F)(F)F)cc1-c1nnc(Cc2ccc(Cl)cc2)o1. The summed E-state index contributed by atoms with van der Waals surface area (Å²) < 4.78 is 44.5. The molecular formula is C14H10ClF3N4O. The summed E-state index contributed by atoms with van der Waals surface area (Å²) in [6.07, 6.45) is -4.17. The number of halogens is 4. The molecule has 0 aliphatic rings. The number of nitrogens with zero attached hydrogens (tertiary/aromatic N) is 4. The van der Waals surface area contributed by atoms with Gasteiger partial charge in [-0.05, 0) is 17.7 Å². The number of rotatable bonds is 3. The van der Waals surface area contributed by atoms with Crippen LogP contribution in [0.15, 0.2) is 34.7 Å². The second-order valence-electron chi connectivity index (χ2n) is 4.84. The number of aryl methyl sites for hydroxylation is 1. The van der Waals surface area contributed by atoms with E-state index in [0.29, 0.717) is 11.4 Å². The molecule has 23 heavy (non-hydrogen) atoms. The minimum Gasteiger partial charge on any atom is -0.419 e. The Balaban J connectivity index is 1.84. The smallest absolute Gasteiger partial charge is 0.419 e. The Hall–Kier alpha value is -2.35. The number of alkyl halides is 3. The summed E-state index contributed by atoms with van der Waals surface area (Å²) in [7, 11) is 1.38. The van der Waals surface area contributed by atoms with E-state index >= 15 is 0 Å². The minimum absolute atomic E-state index is 0.0144. The quantitative estimate of drug-likeness (QED) is 0.727.